The Morgan fingerprint density at radius 3 is 2.32 bits per heavy atom. The van der Waals surface area contributed by atoms with Crippen LogP contribution in [0.4, 0.5) is 5.82 Å². The van der Waals surface area contributed by atoms with E-state index in [1.807, 2.05) is 4.90 Å². The Hall–Kier alpha value is -1.47. The highest BCUT2D eigenvalue weighted by Gasteiger charge is 2.20. The van der Waals surface area contributed by atoms with Gasteiger partial charge in [-0.1, -0.05) is 0 Å². The average molecular weight is 283 g/mol. The van der Waals surface area contributed by atoms with Gasteiger partial charge < -0.3 is 4.90 Å². The van der Waals surface area contributed by atoms with E-state index in [0.717, 1.165) is 4.31 Å². The molecule has 1 aliphatic rings. The molecule has 0 amide bonds. The molecule has 0 aromatic carbocycles. The van der Waals surface area contributed by atoms with Crippen LogP contribution in [0.5, 0.6) is 0 Å². The monoisotopic (exact) mass is 283 g/mol. The number of aromatic nitrogens is 1. The molecule has 104 valence electrons. The third-order valence-corrected chi connectivity index (χ3v) is 4.94. The normalized spacial score (nSPS) is 17.0. The standard InChI is InChI=1S/C12H17N3O3S/c1-14(2)19(17,18)11-3-4-12(13-9-11)15-7-5-10(16)6-8-15/h3-4,9H,5-8H2,1-2H3. The van der Waals surface area contributed by atoms with Crippen molar-refractivity contribution in [3.05, 3.63) is 18.3 Å². The third kappa shape index (κ3) is 2.93. The lowest BCUT2D eigenvalue weighted by Crippen LogP contribution is -2.34. The van der Waals surface area contributed by atoms with Crippen LogP contribution in [-0.4, -0.2) is 50.7 Å². The van der Waals surface area contributed by atoms with Gasteiger partial charge in [0.05, 0.1) is 0 Å². The Kier molecular flexibility index (Phi) is 3.86. The van der Waals surface area contributed by atoms with E-state index >= 15 is 0 Å². The van der Waals surface area contributed by atoms with Crippen LogP contribution in [0.1, 0.15) is 12.8 Å². The van der Waals surface area contributed by atoms with Gasteiger partial charge in [0.2, 0.25) is 10.0 Å². The average Bonchev–Trinajstić information content (AvgIpc) is 2.39. The van der Waals surface area contributed by atoms with Gasteiger partial charge in [-0.3, -0.25) is 4.79 Å². The lowest BCUT2D eigenvalue weighted by atomic mass is 10.1. The molecule has 0 atom stereocenters. The number of piperidine rings is 1. The van der Waals surface area contributed by atoms with Crippen LogP contribution in [0.3, 0.4) is 0 Å². The van der Waals surface area contributed by atoms with Crippen LogP contribution >= 0.6 is 0 Å². The number of rotatable bonds is 3. The number of hydrogen-bond donors (Lipinski definition) is 0. The van der Waals surface area contributed by atoms with E-state index in [1.54, 1.807) is 12.1 Å². The van der Waals surface area contributed by atoms with Crippen molar-refractivity contribution in [3.8, 4) is 0 Å². The molecule has 2 rings (SSSR count). The van der Waals surface area contributed by atoms with E-state index in [-0.39, 0.29) is 10.7 Å². The number of pyridine rings is 1. The van der Waals surface area contributed by atoms with Crippen molar-refractivity contribution in [3.63, 3.8) is 0 Å². The van der Waals surface area contributed by atoms with Crippen LogP contribution in [0, 0.1) is 0 Å². The maximum Gasteiger partial charge on any atom is 0.244 e. The fraction of sp³-hybridized carbons (Fsp3) is 0.500. The Morgan fingerprint density at radius 1 is 1.21 bits per heavy atom. The van der Waals surface area contributed by atoms with Gasteiger partial charge in [-0.15, -0.1) is 0 Å². The maximum absolute atomic E-state index is 11.9. The molecule has 1 aromatic heterocycles. The summed E-state index contributed by atoms with van der Waals surface area (Å²) < 4.78 is 24.9. The highest BCUT2D eigenvalue weighted by Crippen LogP contribution is 2.19. The molecular weight excluding hydrogens is 266 g/mol. The molecule has 1 saturated heterocycles. The molecule has 0 bridgehead atoms. The molecule has 0 spiro atoms. The summed E-state index contributed by atoms with van der Waals surface area (Å²) in [6.45, 7) is 1.29. The van der Waals surface area contributed by atoms with Crippen molar-refractivity contribution in [2.45, 2.75) is 17.7 Å². The SMILES string of the molecule is CN(C)S(=O)(=O)c1ccc(N2CCC(=O)CC2)nc1. The molecule has 1 aromatic rings. The molecule has 1 aliphatic heterocycles. The zero-order chi connectivity index (χ0) is 14.0. The fourth-order valence-corrected chi connectivity index (χ4v) is 2.76. The van der Waals surface area contributed by atoms with Crippen molar-refractivity contribution in [2.75, 3.05) is 32.1 Å². The van der Waals surface area contributed by atoms with Crippen molar-refractivity contribution in [1.29, 1.82) is 0 Å². The molecule has 0 unspecified atom stereocenters. The third-order valence-electron chi connectivity index (χ3n) is 3.14. The summed E-state index contributed by atoms with van der Waals surface area (Å²) in [5.41, 5.74) is 0. The van der Waals surface area contributed by atoms with E-state index in [9.17, 15) is 13.2 Å². The molecule has 6 nitrogen and oxygen atoms in total. The lowest BCUT2D eigenvalue weighted by molar-refractivity contribution is -0.119. The number of carbonyl (C=O) groups is 1. The minimum Gasteiger partial charge on any atom is -0.356 e. The largest absolute Gasteiger partial charge is 0.356 e. The van der Waals surface area contributed by atoms with E-state index in [1.165, 1.54) is 20.3 Å². The second-order valence-corrected chi connectivity index (χ2v) is 6.82. The molecule has 19 heavy (non-hydrogen) atoms. The van der Waals surface area contributed by atoms with Crippen molar-refractivity contribution >= 4 is 21.6 Å². The van der Waals surface area contributed by atoms with Gasteiger partial charge >= 0.3 is 0 Å². The number of ketones is 1. The summed E-state index contributed by atoms with van der Waals surface area (Å²) in [6.07, 6.45) is 2.42. The summed E-state index contributed by atoms with van der Waals surface area (Å²) in [5, 5.41) is 0. The molecule has 0 saturated carbocycles. The van der Waals surface area contributed by atoms with Crippen LogP contribution in [-0.2, 0) is 14.8 Å². The molecule has 0 aliphatic carbocycles. The Morgan fingerprint density at radius 2 is 1.84 bits per heavy atom. The van der Waals surface area contributed by atoms with Gasteiger partial charge in [-0.2, -0.15) is 0 Å². The van der Waals surface area contributed by atoms with Gasteiger partial charge in [-0.05, 0) is 12.1 Å². The van der Waals surface area contributed by atoms with Crippen molar-refractivity contribution in [1.82, 2.24) is 9.29 Å². The van der Waals surface area contributed by atoms with Crippen molar-refractivity contribution < 1.29 is 13.2 Å². The maximum atomic E-state index is 11.9. The molecule has 2 heterocycles. The Labute approximate surface area is 113 Å². The van der Waals surface area contributed by atoms with Crippen LogP contribution in [0.2, 0.25) is 0 Å². The van der Waals surface area contributed by atoms with Gasteiger partial charge in [0.1, 0.15) is 16.5 Å². The van der Waals surface area contributed by atoms with Crippen LogP contribution in [0.25, 0.3) is 0 Å². The number of nitrogens with zero attached hydrogens (tertiary/aromatic N) is 3. The lowest BCUT2D eigenvalue weighted by Gasteiger charge is -2.27. The fourth-order valence-electron chi connectivity index (χ4n) is 1.91. The van der Waals surface area contributed by atoms with E-state index in [0.29, 0.717) is 31.7 Å². The number of sulfonamides is 1. The van der Waals surface area contributed by atoms with Crippen LogP contribution in [0.15, 0.2) is 23.2 Å². The highest BCUT2D eigenvalue weighted by atomic mass is 32.2. The smallest absolute Gasteiger partial charge is 0.244 e. The first-order valence-electron chi connectivity index (χ1n) is 6.06. The van der Waals surface area contributed by atoms with Gasteiger partial charge in [0.15, 0.2) is 0 Å². The summed E-state index contributed by atoms with van der Waals surface area (Å²) in [5.74, 6) is 0.980. The Bertz CT molecular complexity index is 556. The van der Waals surface area contributed by atoms with Gasteiger partial charge in [0, 0.05) is 46.2 Å². The predicted octanol–water partition coefficient (Wildman–Crippen LogP) is 0.501. The summed E-state index contributed by atoms with van der Waals surface area (Å²) in [4.78, 5) is 17.5. The van der Waals surface area contributed by atoms with Gasteiger partial charge in [0.25, 0.3) is 0 Å². The van der Waals surface area contributed by atoms with E-state index in [4.69, 9.17) is 0 Å². The number of hydrogen-bond acceptors (Lipinski definition) is 5. The minimum absolute atomic E-state index is 0.175. The molecule has 7 heteroatoms. The predicted molar refractivity (Wildman–Crippen MR) is 71.6 cm³/mol. The highest BCUT2D eigenvalue weighted by molar-refractivity contribution is 7.89. The number of Topliss-reactive ketones (excluding diaryl/α,β-unsaturated/α-hetero) is 1. The molecule has 0 N–H and O–H groups in total. The van der Waals surface area contributed by atoms with Crippen LogP contribution < -0.4 is 4.90 Å². The first kappa shape index (κ1) is 14.0. The van der Waals surface area contributed by atoms with Gasteiger partial charge in [-0.25, -0.2) is 17.7 Å². The zero-order valence-corrected chi connectivity index (χ0v) is 11.9. The molecule has 1 fully saturated rings. The number of carbonyl (C=O) groups excluding carboxylic acids is 1. The first-order valence-corrected chi connectivity index (χ1v) is 7.50. The zero-order valence-electron chi connectivity index (χ0n) is 11.0. The summed E-state index contributed by atoms with van der Waals surface area (Å²) in [7, 11) is -0.464. The minimum atomic E-state index is -3.43. The second kappa shape index (κ2) is 5.26. The topological polar surface area (TPSA) is 70.6 Å². The Balaban J connectivity index is 2.17. The molecular formula is C12H17N3O3S. The second-order valence-electron chi connectivity index (χ2n) is 4.67. The quantitative estimate of drug-likeness (QED) is 0.808. The van der Waals surface area contributed by atoms with Crippen molar-refractivity contribution in [2.24, 2.45) is 0 Å². The van der Waals surface area contributed by atoms with E-state index < -0.39 is 10.0 Å². The molecule has 0 radical (unpaired) electrons. The number of anilines is 1. The summed E-state index contributed by atoms with van der Waals surface area (Å²) >= 11 is 0. The van der Waals surface area contributed by atoms with E-state index in [2.05, 4.69) is 4.98 Å². The summed E-state index contributed by atoms with van der Waals surface area (Å²) in [6, 6.07) is 3.24. The first-order chi connectivity index (χ1) is 8.91.